The summed E-state index contributed by atoms with van der Waals surface area (Å²) >= 11 is 0. The molecule has 0 heterocycles. The van der Waals surface area contributed by atoms with Crippen LogP contribution < -0.4 is 0 Å². The zero-order valence-corrected chi connectivity index (χ0v) is 9.69. The first-order valence-corrected chi connectivity index (χ1v) is 6.11. The molecule has 0 aromatic carbocycles. The maximum absolute atomic E-state index is 2.43. The third-order valence-electron chi connectivity index (χ3n) is 5.27. The molecular formula is C13H24. The molecule has 0 heteroatoms. The van der Waals surface area contributed by atoms with Gasteiger partial charge in [0.15, 0.2) is 0 Å². The fraction of sp³-hybridized carbons (Fsp3) is 1.00. The van der Waals surface area contributed by atoms with Crippen LogP contribution in [0.2, 0.25) is 0 Å². The summed E-state index contributed by atoms with van der Waals surface area (Å²) in [5.74, 6) is 2.02. The topological polar surface area (TPSA) is 0 Å². The zero-order chi connectivity index (χ0) is 9.69. The van der Waals surface area contributed by atoms with Crippen molar-refractivity contribution in [1.82, 2.24) is 0 Å². The SMILES string of the molecule is CCC1(CC)CC1C1(C(C)C)CC1. The first kappa shape index (κ1) is 9.55. The monoisotopic (exact) mass is 180 g/mol. The van der Waals surface area contributed by atoms with Crippen LogP contribution in [-0.2, 0) is 0 Å². The van der Waals surface area contributed by atoms with Crippen molar-refractivity contribution in [2.75, 3.05) is 0 Å². The predicted octanol–water partition coefficient (Wildman–Crippen LogP) is 4.25. The van der Waals surface area contributed by atoms with Crippen LogP contribution in [0.1, 0.15) is 59.8 Å². The first-order valence-electron chi connectivity index (χ1n) is 6.11. The van der Waals surface area contributed by atoms with E-state index in [4.69, 9.17) is 0 Å². The highest BCUT2D eigenvalue weighted by Gasteiger charge is 2.66. The standard InChI is InChI=1S/C13H24/c1-5-12(6-2)9-11(12)13(7-8-13)10(3)4/h10-11H,5-9H2,1-4H3. The van der Waals surface area contributed by atoms with Crippen molar-refractivity contribution in [3.8, 4) is 0 Å². The lowest BCUT2D eigenvalue weighted by Crippen LogP contribution is -2.17. The molecule has 0 aliphatic heterocycles. The molecule has 76 valence electrons. The third kappa shape index (κ3) is 1.17. The fourth-order valence-electron chi connectivity index (χ4n) is 3.66. The van der Waals surface area contributed by atoms with Crippen LogP contribution in [0.5, 0.6) is 0 Å². The average Bonchev–Trinajstić information content (AvgIpc) is 2.99. The summed E-state index contributed by atoms with van der Waals surface area (Å²) < 4.78 is 0. The second-order valence-corrected chi connectivity index (χ2v) is 5.71. The molecule has 0 amide bonds. The van der Waals surface area contributed by atoms with E-state index >= 15 is 0 Å². The molecule has 1 unspecified atom stereocenters. The van der Waals surface area contributed by atoms with Crippen molar-refractivity contribution in [1.29, 1.82) is 0 Å². The van der Waals surface area contributed by atoms with E-state index in [0.717, 1.165) is 22.7 Å². The van der Waals surface area contributed by atoms with Crippen LogP contribution in [0.15, 0.2) is 0 Å². The predicted molar refractivity (Wildman–Crippen MR) is 57.6 cm³/mol. The van der Waals surface area contributed by atoms with Crippen molar-refractivity contribution < 1.29 is 0 Å². The van der Waals surface area contributed by atoms with Crippen molar-refractivity contribution in [2.45, 2.75) is 59.8 Å². The fourth-order valence-corrected chi connectivity index (χ4v) is 3.66. The Balaban J connectivity index is 2.06. The molecule has 2 rings (SSSR count). The van der Waals surface area contributed by atoms with E-state index in [9.17, 15) is 0 Å². The molecule has 0 aromatic heterocycles. The van der Waals surface area contributed by atoms with Crippen LogP contribution in [-0.4, -0.2) is 0 Å². The van der Waals surface area contributed by atoms with Crippen molar-refractivity contribution >= 4 is 0 Å². The van der Waals surface area contributed by atoms with E-state index in [1.165, 1.54) is 32.1 Å². The molecule has 2 aliphatic carbocycles. The summed E-state index contributed by atoms with van der Waals surface area (Å²) in [5, 5.41) is 0. The molecule has 0 N–H and O–H groups in total. The van der Waals surface area contributed by atoms with Crippen LogP contribution in [0.3, 0.4) is 0 Å². The van der Waals surface area contributed by atoms with Gasteiger partial charge in [-0.3, -0.25) is 0 Å². The lowest BCUT2D eigenvalue weighted by Gasteiger charge is -2.23. The van der Waals surface area contributed by atoms with Crippen LogP contribution in [0, 0.1) is 22.7 Å². The summed E-state index contributed by atoms with van der Waals surface area (Å²) in [6.07, 6.45) is 7.43. The van der Waals surface area contributed by atoms with E-state index in [1.807, 2.05) is 0 Å². The smallest absolute Gasteiger partial charge is 0.0240 e. The molecule has 1 atom stereocenters. The van der Waals surface area contributed by atoms with Crippen LogP contribution in [0.4, 0.5) is 0 Å². The quantitative estimate of drug-likeness (QED) is 0.606. The van der Waals surface area contributed by atoms with Gasteiger partial charge in [0.25, 0.3) is 0 Å². The van der Waals surface area contributed by atoms with Gasteiger partial charge in [-0.05, 0) is 41.9 Å². The number of hydrogen-bond acceptors (Lipinski definition) is 0. The highest BCUT2D eigenvalue weighted by molar-refractivity contribution is 5.15. The summed E-state index contributed by atoms with van der Waals surface area (Å²) in [6.45, 7) is 9.64. The van der Waals surface area contributed by atoms with Gasteiger partial charge in [0, 0.05) is 0 Å². The lowest BCUT2D eigenvalue weighted by atomic mass is 9.81. The number of rotatable bonds is 4. The molecule has 0 nitrogen and oxygen atoms in total. The van der Waals surface area contributed by atoms with E-state index in [2.05, 4.69) is 27.7 Å². The number of hydrogen-bond donors (Lipinski definition) is 0. The molecule has 0 aromatic rings. The van der Waals surface area contributed by atoms with Gasteiger partial charge in [0.1, 0.15) is 0 Å². The Morgan fingerprint density at radius 1 is 1.15 bits per heavy atom. The van der Waals surface area contributed by atoms with Gasteiger partial charge in [-0.1, -0.05) is 40.5 Å². The van der Waals surface area contributed by atoms with Gasteiger partial charge in [0.05, 0.1) is 0 Å². The Hall–Kier alpha value is 0. The Kier molecular flexibility index (Phi) is 2.02. The van der Waals surface area contributed by atoms with Crippen LogP contribution in [0.25, 0.3) is 0 Å². The maximum Gasteiger partial charge on any atom is -0.0240 e. The van der Waals surface area contributed by atoms with Gasteiger partial charge < -0.3 is 0 Å². The summed E-state index contributed by atoms with van der Waals surface area (Å²) in [4.78, 5) is 0. The van der Waals surface area contributed by atoms with E-state index in [0.29, 0.717) is 0 Å². The van der Waals surface area contributed by atoms with E-state index in [1.54, 1.807) is 0 Å². The summed E-state index contributed by atoms with van der Waals surface area (Å²) in [6, 6.07) is 0. The molecular weight excluding hydrogens is 156 g/mol. The van der Waals surface area contributed by atoms with Crippen LogP contribution >= 0.6 is 0 Å². The molecule has 0 radical (unpaired) electrons. The zero-order valence-electron chi connectivity index (χ0n) is 9.69. The normalized spacial score (nSPS) is 33.5. The van der Waals surface area contributed by atoms with Crippen molar-refractivity contribution in [3.05, 3.63) is 0 Å². The van der Waals surface area contributed by atoms with Crippen molar-refractivity contribution in [3.63, 3.8) is 0 Å². The molecule has 13 heavy (non-hydrogen) atoms. The van der Waals surface area contributed by atoms with Gasteiger partial charge in [0.2, 0.25) is 0 Å². The molecule has 0 bridgehead atoms. The van der Waals surface area contributed by atoms with Gasteiger partial charge in [-0.25, -0.2) is 0 Å². The average molecular weight is 180 g/mol. The highest BCUT2D eigenvalue weighted by atomic mass is 14.7. The minimum absolute atomic E-state index is 0.779. The Morgan fingerprint density at radius 2 is 1.69 bits per heavy atom. The minimum Gasteiger partial charge on any atom is -0.0648 e. The molecule has 2 saturated carbocycles. The molecule has 2 fully saturated rings. The second kappa shape index (κ2) is 2.74. The summed E-state index contributed by atoms with van der Waals surface area (Å²) in [7, 11) is 0. The van der Waals surface area contributed by atoms with E-state index in [-0.39, 0.29) is 0 Å². The van der Waals surface area contributed by atoms with Gasteiger partial charge in [-0.2, -0.15) is 0 Å². The third-order valence-corrected chi connectivity index (χ3v) is 5.27. The Labute approximate surface area is 83.1 Å². The van der Waals surface area contributed by atoms with E-state index < -0.39 is 0 Å². The Morgan fingerprint density at radius 3 is 1.92 bits per heavy atom. The van der Waals surface area contributed by atoms with Gasteiger partial charge in [-0.15, -0.1) is 0 Å². The largest absolute Gasteiger partial charge is 0.0648 e. The molecule has 0 spiro atoms. The lowest BCUT2D eigenvalue weighted by molar-refractivity contribution is 0.250. The van der Waals surface area contributed by atoms with Gasteiger partial charge >= 0.3 is 0 Å². The maximum atomic E-state index is 2.43. The Bertz CT molecular complexity index is 194. The first-order chi connectivity index (χ1) is 6.11. The van der Waals surface area contributed by atoms with Crippen molar-refractivity contribution in [2.24, 2.45) is 22.7 Å². The second-order valence-electron chi connectivity index (χ2n) is 5.71. The summed E-state index contributed by atoms with van der Waals surface area (Å²) in [5.41, 5.74) is 1.58. The highest BCUT2D eigenvalue weighted by Crippen LogP contribution is 2.74. The molecule has 0 saturated heterocycles. The molecule has 2 aliphatic rings. The minimum atomic E-state index is 0.779.